The largest absolute Gasteiger partial charge is 0.398 e. The molecule has 1 atom stereocenters. The van der Waals surface area contributed by atoms with E-state index in [0.717, 1.165) is 5.39 Å². The van der Waals surface area contributed by atoms with Gasteiger partial charge in [-0.1, -0.05) is 19.3 Å². The van der Waals surface area contributed by atoms with E-state index >= 15 is 0 Å². The van der Waals surface area contributed by atoms with Crippen molar-refractivity contribution in [2.75, 3.05) is 11.1 Å². The number of halogens is 1. The third-order valence-electron chi connectivity index (χ3n) is 4.61. The van der Waals surface area contributed by atoms with Gasteiger partial charge in [-0.2, -0.15) is 0 Å². The van der Waals surface area contributed by atoms with Gasteiger partial charge in [0.05, 0.1) is 11.2 Å². The van der Waals surface area contributed by atoms with Crippen molar-refractivity contribution in [3.63, 3.8) is 0 Å². The number of nitrogen functional groups attached to an aromatic ring is 1. The van der Waals surface area contributed by atoms with Crippen LogP contribution in [0.4, 0.5) is 15.8 Å². The maximum atomic E-state index is 14.3. The third kappa shape index (κ3) is 2.80. The number of pyridine rings is 1. The molecule has 0 amide bonds. The summed E-state index contributed by atoms with van der Waals surface area (Å²) in [5.74, 6) is 0.288. The van der Waals surface area contributed by atoms with E-state index in [4.69, 9.17) is 5.73 Å². The zero-order valence-corrected chi connectivity index (χ0v) is 12.4. The van der Waals surface area contributed by atoms with Gasteiger partial charge in [-0.3, -0.25) is 4.98 Å². The highest BCUT2D eigenvalue weighted by atomic mass is 19.1. The number of hydrogen-bond acceptors (Lipinski definition) is 3. The lowest BCUT2D eigenvalue weighted by Crippen LogP contribution is -2.28. The molecule has 112 valence electrons. The number of anilines is 2. The predicted octanol–water partition coefficient (Wildman–Crippen LogP) is 4.34. The molecule has 3 rings (SSSR count). The highest BCUT2D eigenvalue weighted by Gasteiger charge is 2.22. The molecule has 1 saturated carbocycles. The molecule has 2 aromatic rings. The Labute approximate surface area is 124 Å². The van der Waals surface area contributed by atoms with Gasteiger partial charge >= 0.3 is 0 Å². The molecule has 0 radical (unpaired) electrons. The average Bonchev–Trinajstić information content (AvgIpc) is 2.52. The van der Waals surface area contributed by atoms with E-state index in [1.165, 1.54) is 38.2 Å². The van der Waals surface area contributed by atoms with Gasteiger partial charge < -0.3 is 11.1 Å². The molecule has 0 saturated heterocycles. The molecule has 1 unspecified atom stereocenters. The van der Waals surface area contributed by atoms with Gasteiger partial charge in [-0.25, -0.2) is 4.39 Å². The molecule has 3 N–H and O–H groups in total. The van der Waals surface area contributed by atoms with Crippen molar-refractivity contribution in [3.05, 3.63) is 30.2 Å². The monoisotopic (exact) mass is 287 g/mol. The number of nitrogens with two attached hydrogens (primary N) is 1. The highest BCUT2D eigenvalue weighted by Crippen LogP contribution is 2.33. The molecular weight excluding hydrogens is 265 g/mol. The fraction of sp³-hybridized carbons (Fsp3) is 0.471. The normalized spacial score (nSPS) is 17.8. The number of fused-ring (bicyclic) bond motifs is 1. The summed E-state index contributed by atoms with van der Waals surface area (Å²) in [6.45, 7) is 2.14. The van der Waals surface area contributed by atoms with Crippen LogP contribution in [0.15, 0.2) is 24.4 Å². The van der Waals surface area contributed by atoms with Crippen LogP contribution in [-0.2, 0) is 0 Å². The SMILES string of the molecule is CC(Nc1c(F)cc(N)c2cccnc12)C1CCCCC1. The van der Waals surface area contributed by atoms with Gasteiger partial charge in [0, 0.05) is 23.3 Å². The van der Waals surface area contributed by atoms with E-state index in [2.05, 4.69) is 17.2 Å². The van der Waals surface area contributed by atoms with Crippen LogP contribution < -0.4 is 11.1 Å². The fourth-order valence-corrected chi connectivity index (χ4v) is 3.35. The van der Waals surface area contributed by atoms with Crippen LogP contribution in [0.1, 0.15) is 39.0 Å². The van der Waals surface area contributed by atoms with E-state index in [1.54, 1.807) is 6.20 Å². The van der Waals surface area contributed by atoms with Crippen molar-refractivity contribution in [1.82, 2.24) is 4.98 Å². The second-order valence-electron chi connectivity index (χ2n) is 6.05. The molecule has 1 aromatic carbocycles. The van der Waals surface area contributed by atoms with Crippen LogP contribution in [0.25, 0.3) is 10.9 Å². The van der Waals surface area contributed by atoms with Crippen LogP contribution in [0.3, 0.4) is 0 Å². The smallest absolute Gasteiger partial charge is 0.150 e. The molecule has 0 spiro atoms. The Hall–Kier alpha value is -1.84. The van der Waals surface area contributed by atoms with Gasteiger partial charge in [0.1, 0.15) is 0 Å². The van der Waals surface area contributed by atoms with Crippen LogP contribution in [-0.4, -0.2) is 11.0 Å². The molecule has 1 fully saturated rings. The van der Waals surface area contributed by atoms with E-state index in [1.807, 2.05) is 12.1 Å². The summed E-state index contributed by atoms with van der Waals surface area (Å²) >= 11 is 0. The van der Waals surface area contributed by atoms with Crippen LogP contribution in [0.2, 0.25) is 0 Å². The van der Waals surface area contributed by atoms with Gasteiger partial charge in [0.2, 0.25) is 0 Å². The van der Waals surface area contributed by atoms with E-state index < -0.39 is 0 Å². The molecule has 0 bridgehead atoms. The van der Waals surface area contributed by atoms with Crippen LogP contribution >= 0.6 is 0 Å². The fourth-order valence-electron chi connectivity index (χ4n) is 3.35. The third-order valence-corrected chi connectivity index (χ3v) is 4.61. The Morgan fingerprint density at radius 3 is 2.86 bits per heavy atom. The maximum absolute atomic E-state index is 14.3. The van der Waals surface area contributed by atoms with E-state index in [-0.39, 0.29) is 11.9 Å². The average molecular weight is 287 g/mol. The highest BCUT2D eigenvalue weighted by molar-refractivity contribution is 5.98. The lowest BCUT2D eigenvalue weighted by Gasteiger charge is -2.29. The Balaban J connectivity index is 1.92. The molecular formula is C17H22FN3. The minimum atomic E-state index is -0.318. The number of rotatable bonds is 3. The number of nitrogens with one attached hydrogen (secondary N) is 1. The molecule has 21 heavy (non-hydrogen) atoms. The van der Waals surface area contributed by atoms with Crippen molar-refractivity contribution >= 4 is 22.3 Å². The first-order chi connectivity index (χ1) is 10.2. The quantitative estimate of drug-likeness (QED) is 0.826. The van der Waals surface area contributed by atoms with Crippen molar-refractivity contribution < 1.29 is 4.39 Å². The van der Waals surface area contributed by atoms with Crippen molar-refractivity contribution in [1.29, 1.82) is 0 Å². The number of benzene rings is 1. The number of aromatic nitrogens is 1. The lowest BCUT2D eigenvalue weighted by atomic mass is 9.84. The van der Waals surface area contributed by atoms with Crippen LogP contribution in [0, 0.1) is 11.7 Å². The Kier molecular flexibility index (Phi) is 3.95. The molecule has 3 nitrogen and oxygen atoms in total. The molecule has 1 aromatic heterocycles. The van der Waals surface area contributed by atoms with Crippen molar-refractivity contribution in [3.8, 4) is 0 Å². The maximum Gasteiger partial charge on any atom is 0.150 e. The van der Waals surface area contributed by atoms with Crippen LogP contribution in [0.5, 0.6) is 0 Å². The lowest BCUT2D eigenvalue weighted by molar-refractivity contribution is 0.328. The van der Waals surface area contributed by atoms with Gasteiger partial charge in [-0.05, 0) is 43.9 Å². The minimum absolute atomic E-state index is 0.244. The Bertz CT molecular complexity index is 635. The van der Waals surface area contributed by atoms with Crippen molar-refractivity contribution in [2.45, 2.75) is 45.1 Å². The summed E-state index contributed by atoms with van der Waals surface area (Å²) in [6, 6.07) is 5.34. The second kappa shape index (κ2) is 5.88. The summed E-state index contributed by atoms with van der Waals surface area (Å²) in [5, 5.41) is 4.16. The van der Waals surface area contributed by atoms with Gasteiger partial charge in [0.15, 0.2) is 5.82 Å². The first kappa shape index (κ1) is 14.1. The van der Waals surface area contributed by atoms with E-state index in [9.17, 15) is 4.39 Å². The Morgan fingerprint density at radius 2 is 2.10 bits per heavy atom. The number of hydrogen-bond donors (Lipinski definition) is 2. The van der Waals surface area contributed by atoms with Gasteiger partial charge in [-0.15, -0.1) is 0 Å². The summed E-state index contributed by atoms with van der Waals surface area (Å²) in [4.78, 5) is 4.32. The molecule has 4 heteroatoms. The van der Waals surface area contributed by atoms with Crippen molar-refractivity contribution in [2.24, 2.45) is 5.92 Å². The molecule has 1 heterocycles. The summed E-state index contributed by atoms with van der Waals surface area (Å²) in [5.41, 5.74) is 7.44. The molecule has 1 aliphatic rings. The zero-order chi connectivity index (χ0) is 14.8. The second-order valence-corrected chi connectivity index (χ2v) is 6.05. The van der Waals surface area contributed by atoms with E-state index in [0.29, 0.717) is 22.8 Å². The number of nitrogens with zero attached hydrogens (tertiary/aromatic N) is 1. The summed E-state index contributed by atoms with van der Waals surface area (Å²) in [7, 11) is 0. The molecule has 0 aliphatic heterocycles. The predicted molar refractivity (Wildman–Crippen MR) is 85.8 cm³/mol. The zero-order valence-electron chi connectivity index (χ0n) is 12.4. The Morgan fingerprint density at radius 1 is 1.33 bits per heavy atom. The molecule has 1 aliphatic carbocycles. The first-order valence-corrected chi connectivity index (χ1v) is 7.76. The summed E-state index contributed by atoms with van der Waals surface area (Å²) < 4.78 is 14.3. The topological polar surface area (TPSA) is 50.9 Å². The van der Waals surface area contributed by atoms with Gasteiger partial charge in [0.25, 0.3) is 0 Å². The standard InChI is InChI=1S/C17H22FN3/c1-11(12-6-3-2-4-7-12)21-17-14(18)10-15(19)13-8-5-9-20-16(13)17/h5,8-12,21H,2-4,6-7,19H2,1H3. The summed E-state index contributed by atoms with van der Waals surface area (Å²) in [6.07, 6.45) is 7.99. The minimum Gasteiger partial charge on any atom is -0.398 e. The first-order valence-electron chi connectivity index (χ1n) is 7.76.